The van der Waals surface area contributed by atoms with Gasteiger partial charge in [-0.3, -0.25) is 4.79 Å². The molecule has 1 aromatic heterocycles. The topological polar surface area (TPSA) is 74.8 Å². The van der Waals surface area contributed by atoms with Crippen LogP contribution in [0.4, 0.5) is 0 Å². The lowest BCUT2D eigenvalue weighted by Gasteiger charge is -1.97. The molecule has 5 nitrogen and oxygen atoms in total. The van der Waals surface area contributed by atoms with E-state index in [0.29, 0.717) is 12.0 Å². The normalized spacial score (nSPS) is 9.95. The average Bonchev–Trinajstić information content (AvgIpc) is 2.78. The van der Waals surface area contributed by atoms with Gasteiger partial charge >= 0.3 is 0 Å². The molecule has 7 heteroatoms. The Morgan fingerprint density at radius 1 is 1.30 bits per heavy atom. The van der Waals surface area contributed by atoms with E-state index >= 15 is 0 Å². The van der Waals surface area contributed by atoms with E-state index in [4.69, 9.17) is 4.42 Å². The number of carbonyl (C=O) groups excluding carboxylic acids is 1. The summed E-state index contributed by atoms with van der Waals surface area (Å²) >= 11 is 6.48. The molecule has 0 spiro atoms. The zero-order chi connectivity index (χ0) is 15.0. The molecule has 0 atom stereocenters. The number of hydrogen-bond donors (Lipinski definition) is 2. The molecular weight excluding hydrogens is 392 g/mol. The van der Waals surface area contributed by atoms with E-state index in [1.54, 1.807) is 18.4 Å². The van der Waals surface area contributed by atoms with E-state index in [9.17, 15) is 9.90 Å². The highest BCUT2D eigenvalue weighted by molar-refractivity contribution is 9.10. The molecule has 2 N–H and O–H groups in total. The van der Waals surface area contributed by atoms with Gasteiger partial charge < -0.3 is 9.52 Å². The lowest BCUT2D eigenvalue weighted by Crippen LogP contribution is -2.00. The number of benzene rings is 1. The number of aryl methyl sites for hydroxylation is 1. The van der Waals surface area contributed by atoms with Crippen LogP contribution in [0.25, 0.3) is 0 Å². The number of furan rings is 1. The average molecular weight is 404 g/mol. The first-order valence-corrected chi connectivity index (χ1v) is 7.03. The van der Waals surface area contributed by atoms with Crippen molar-refractivity contribution in [2.24, 2.45) is 5.10 Å². The van der Waals surface area contributed by atoms with E-state index in [2.05, 4.69) is 42.4 Å². The molecule has 0 aliphatic heterocycles. The Morgan fingerprint density at radius 3 is 2.55 bits per heavy atom. The minimum atomic E-state index is 0.111. The van der Waals surface area contributed by atoms with Crippen molar-refractivity contribution >= 4 is 44.5 Å². The van der Waals surface area contributed by atoms with Crippen LogP contribution < -0.4 is 5.43 Å². The van der Waals surface area contributed by atoms with Gasteiger partial charge in [0.25, 0.3) is 0 Å². The van der Waals surface area contributed by atoms with Crippen molar-refractivity contribution in [3.63, 3.8) is 0 Å². The summed E-state index contributed by atoms with van der Waals surface area (Å²) in [5.74, 6) is 1.05. The standard InChI is InChI=1S/C8H7BrN2O2.C5H5BrO/c9-7-1-2-8(13)6(3-7)4-10-11-5-12;1-4-2-5(6)3-7-4/h1-5,13H,(H,11,12);2-3H,1H3/b10-4+;. The number of aromatic hydroxyl groups is 1. The van der Waals surface area contributed by atoms with Crippen LogP contribution in [0.2, 0.25) is 0 Å². The van der Waals surface area contributed by atoms with Crippen LogP contribution in [0.5, 0.6) is 5.75 Å². The molecule has 1 aromatic carbocycles. The third-order valence-electron chi connectivity index (χ3n) is 2.02. The molecule has 0 saturated carbocycles. The number of rotatable bonds is 3. The van der Waals surface area contributed by atoms with Crippen LogP contribution in [0.1, 0.15) is 11.3 Å². The van der Waals surface area contributed by atoms with E-state index in [0.717, 1.165) is 14.7 Å². The SMILES string of the molecule is Cc1cc(Br)co1.O=CN/N=C/c1cc(Br)ccc1O. The maximum atomic E-state index is 9.85. The molecule has 0 saturated heterocycles. The quantitative estimate of drug-likeness (QED) is 0.467. The molecule has 2 rings (SSSR count). The number of carbonyl (C=O) groups is 1. The summed E-state index contributed by atoms with van der Waals surface area (Å²) in [4.78, 5) is 9.85. The van der Waals surface area contributed by atoms with Gasteiger partial charge in [0.2, 0.25) is 6.41 Å². The second-order valence-electron chi connectivity index (χ2n) is 3.58. The summed E-state index contributed by atoms with van der Waals surface area (Å²) in [5, 5.41) is 12.8. The van der Waals surface area contributed by atoms with Gasteiger partial charge in [0.05, 0.1) is 10.7 Å². The Hall–Kier alpha value is -1.60. The number of phenols is 1. The number of hydrogen-bond acceptors (Lipinski definition) is 4. The Morgan fingerprint density at radius 2 is 2.05 bits per heavy atom. The van der Waals surface area contributed by atoms with Gasteiger partial charge in [-0.1, -0.05) is 15.9 Å². The monoisotopic (exact) mass is 402 g/mol. The van der Waals surface area contributed by atoms with Crippen molar-refractivity contribution in [3.05, 3.63) is 50.8 Å². The van der Waals surface area contributed by atoms with Gasteiger partial charge in [0, 0.05) is 10.0 Å². The van der Waals surface area contributed by atoms with Crippen LogP contribution in [-0.4, -0.2) is 17.7 Å². The molecule has 1 heterocycles. The highest BCUT2D eigenvalue weighted by atomic mass is 79.9. The molecule has 106 valence electrons. The van der Waals surface area contributed by atoms with Crippen LogP contribution in [0.3, 0.4) is 0 Å². The van der Waals surface area contributed by atoms with Gasteiger partial charge in [-0.25, -0.2) is 5.43 Å². The van der Waals surface area contributed by atoms with Crippen molar-refractivity contribution in [3.8, 4) is 5.75 Å². The van der Waals surface area contributed by atoms with Crippen molar-refractivity contribution in [1.29, 1.82) is 0 Å². The van der Waals surface area contributed by atoms with E-state index < -0.39 is 0 Å². The fourth-order valence-corrected chi connectivity index (χ4v) is 1.97. The molecule has 1 amide bonds. The molecule has 0 radical (unpaired) electrons. The van der Waals surface area contributed by atoms with Crippen LogP contribution in [-0.2, 0) is 4.79 Å². The predicted molar refractivity (Wildman–Crippen MR) is 83.7 cm³/mol. The fourth-order valence-electron chi connectivity index (χ4n) is 1.18. The lowest BCUT2D eigenvalue weighted by molar-refractivity contribution is -0.109. The summed E-state index contributed by atoms with van der Waals surface area (Å²) in [6, 6.07) is 6.84. The molecule has 0 aliphatic carbocycles. The molecule has 0 fully saturated rings. The number of nitrogens with one attached hydrogen (secondary N) is 1. The molecule has 2 aromatic rings. The second-order valence-corrected chi connectivity index (χ2v) is 5.42. The molecular formula is C13H12Br2N2O3. The highest BCUT2D eigenvalue weighted by Crippen LogP contribution is 2.19. The zero-order valence-corrected chi connectivity index (χ0v) is 13.7. The predicted octanol–water partition coefficient (Wildman–Crippen LogP) is 3.59. The first-order chi connectivity index (χ1) is 9.52. The fraction of sp³-hybridized carbons (Fsp3) is 0.0769. The number of halogens is 2. The minimum Gasteiger partial charge on any atom is -0.507 e. The Balaban J connectivity index is 0.000000240. The zero-order valence-electron chi connectivity index (χ0n) is 10.5. The van der Waals surface area contributed by atoms with Gasteiger partial charge in [-0.15, -0.1) is 0 Å². The summed E-state index contributed by atoms with van der Waals surface area (Å²) in [6.07, 6.45) is 3.47. The molecule has 0 unspecified atom stereocenters. The van der Waals surface area contributed by atoms with E-state index in [1.807, 2.05) is 13.0 Å². The van der Waals surface area contributed by atoms with Gasteiger partial charge in [-0.2, -0.15) is 5.10 Å². The molecule has 20 heavy (non-hydrogen) atoms. The van der Waals surface area contributed by atoms with E-state index in [-0.39, 0.29) is 5.75 Å². The first kappa shape index (κ1) is 16.5. The van der Waals surface area contributed by atoms with E-state index in [1.165, 1.54) is 12.3 Å². The van der Waals surface area contributed by atoms with Crippen LogP contribution in [0, 0.1) is 6.92 Å². The largest absolute Gasteiger partial charge is 0.507 e. The van der Waals surface area contributed by atoms with Crippen LogP contribution >= 0.6 is 31.9 Å². The maximum absolute atomic E-state index is 9.85. The number of hydrazone groups is 1. The number of phenolic OH excluding ortho intramolecular Hbond substituents is 1. The van der Waals surface area contributed by atoms with Crippen molar-refractivity contribution in [1.82, 2.24) is 5.43 Å². The Bertz CT molecular complexity index is 581. The number of nitrogens with zero attached hydrogens (tertiary/aromatic N) is 1. The summed E-state index contributed by atoms with van der Waals surface area (Å²) in [5.41, 5.74) is 2.64. The third-order valence-corrected chi connectivity index (χ3v) is 2.93. The molecule has 0 bridgehead atoms. The molecule has 0 aliphatic rings. The minimum absolute atomic E-state index is 0.111. The summed E-state index contributed by atoms with van der Waals surface area (Å²) in [7, 11) is 0. The lowest BCUT2D eigenvalue weighted by atomic mass is 10.2. The van der Waals surface area contributed by atoms with Gasteiger partial charge in [0.15, 0.2) is 0 Å². The van der Waals surface area contributed by atoms with Crippen molar-refractivity contribution < 1.29 is 14.3 Å². The Labute approximate surface area is 132 Å². The van der Waals surface area contributed by atoms with Gasteiger partial charge in [-0.05, 0) is 47.1 Å². The number of amides is 1. The Kier molecular flexibility index (Phi) is 7.03. The van der Waals surface area contributed by atoms with Gasteiger partial charge in [0.1, 0.15) is 17.8 Å². The smallest absolute Gasteiger partial charge is 0.227 e. The maximum Gasteiger partial charge on any atom is 0.227 e. The van der Waals surface area contributed by atoms with Crippen LogP contribution in [0.15, 0.2) is 49.0 Å². The van der Waals surface area contributed by atoms with Crippen molar-refractivity contribution in [2.75, 3.05) is 0 Å². The van der Waals surface area contributed by atoms with Crippen molar-refractivity contribution in [2.45, 2.75) is 6.92 Å². The summed E-state index contributed by atoms with van der Waals surface area (Å²) < 4.78 is 6.75. The first-order valence-electron chi connectivity index (χ1n) is 5.44. The second kappa shape index (κ2) is 8.55. The highest BCUT2D eigenvalue weighted by Gasteiger charge is 1.97. The third kappa shape index (κ3) is 6.03. The summed E-state index contributed by atoms with van der Waals surface area (Å²) in [6.45, 7) is 1.91.